The number of hydrogen-bond donors (Lipinski definition) is 0. The molecule has 0 aliphatic carbocycles. The maximum absolute atomic E-state index is 5.92. The van der Waals surface area contributed by atoms with Gasteiger partial charge in [0.15, 0.2) is 0 Å². The summed E-state index contributed by atoms with van der Waals surface area (Å²) in [6.07, 6.45) is 12.5. The molecule has 0 aromatic heterocycles. The number of azo groups is 2. The largest absolute Gasteiger partial charge is 0.494 e. The first-order valence-electron chi connectivity index (χ1n) is 18.0. The summed E-state index contributed by atoms with van der Waals surface area (Å²) in [5.74, 6) is 3.45. The zero-order chi connectivity index (χ0) is 34.2. The molecule has 0 radical (unpaired) electrons. The number of hydrogen-bond acceptors (Lipinski definition) is 8. The minimum Gasteiger partial charge on any atom is -0.494 e. The summed E-state index contributed by atoms with van der Waals surface area (Å²) in [6.45, 7) is 7.24. The first kappa shape index (κ1) is 37.1. The quantitative estimate of drug-likeness (QED) is 0.0551. The topological polar surface area (TPSA) is 86.4 Å². The van der Waals surface area contributed by atoms with Gasteiger partial charge in [-0.05, 0) is 123 Å². The molecule has 0 bridgehead atoms. The molecule has 0 aliphatic rings. The molecule has 0 aliphatic heterocycles. The average molecular weight is 665 g/mol. The highest BCUT2D eigenvalue weighted by Crippen LogP contribution is 2.25. The lowest BCUT2D eigenvalue weighted by Gasteiger charge is -2.07. The predicted molar refractivity (Wildman–Crippen MR) is 198 cm³/mol. The van der Waals surface area contributed by atoms with Crippen LogP contribution in [0, 0.1) is 0 Å². The molecule has 0 amide bonds. The number of ether oxygens (including phenoxy) is 4. The Bertz CT molecular complexity index is 1370. The molecule has 0 spiro atoms. The molecule has 4 aromatic carbocycles. The third kappa shape index (κ3) is 15.4. The van der Waals surface area contributed by atoms with Crippen molar-refractivity contribution in [1.82, 2.24) is 0 Å². The summed E-state index contributed by atoms with van der Waals surface area (Å²) >= 11 is 0. The Morgan fingerprint density at radius 2 is 0.531 bits per heavy atom. The van der Waals surface area contributed by atoms with Gasteiger partial charge >= 0.3 is 0 Å². The maximum atomic E-state index is 5.92. The molecular weight excluding hydrogens is 612 g/mol. The molecule has 4 aromatic rings. The molecule has 0 saturated heterocycles. The van der Waals surface area contributed by atoms with E-state index in [1.54, 1.807) is 0 Å². The normalized spacial score (nSPS) is 11.3. The van der Waals surface area contributed by atoms with Crippen molar-refractivity contribution >= 4 is 22.7 Å². The van der Waals surface area contributed by atoms with Gasteiger partial charge in [-0.3, -0.25) is 0 Å². The van der Waals surface area contributed by atoms with Crippen LogP contribution in [-0.4, -0.2) is 26.4 Å². The third-order valence-corrected chi connectivity index (χ3v) is 7.77. The zero-order valence-electron chi connectivity index (χ0n) is 29.3. The Kier molecular flexibility index (Phi) is 17.2. The van der Waals surface area contributed by atoms with Gasteiger partial charge < -0.3 is 18.9 Å². The van der Waals surface area contributed by atoms with Gasteiger partial charge in [-0.15, -0.1) is 0 Å². The number of benzene rings is 4. The Hall–Kier alpha value is -4.72. The molecular formula is C41H52N4O4. The van der Waals surface area contributed by atoms with Gasteiger partial charge in [0.2, 0.25) is 0 Å². The van der Waals surface area contributed by atoms with Crippen molar-refractivity contribution in [2.75, 3.05) is 26.4 Å². The van der Waals surface area contributed by atoms with Gasteiger partial charge in [0, 0.05) is 0 Å². The molecule has 0 unspecified atom stereocenters. The number of rotatable bonds is 24. The first-order valence-corrected chi connectivity index (χ1v) is 18.0. The minimum absolute atomic E-state index is 0.725. The maximum Gasteiger partial charge on any atom is 0.119 e. The molecule has 0 atom stereocenters. The van der Waals surface area contributed by atoms with Gasteiger partial charge in [-0.2, -0.15) is 20.5 Å². The van der Waals surface area contributed by atoms with E-state index in [1.165, 1.54) is 32.1 Å². The van der Waals surface area contributed by atoms with Crippen molar-refractivity contribution < 1.29 is 18.9 Å². The van der Waals surface area contributed by atoms with Gasteiger partial charge in [-0.1, -0.05) is 58.8 Å². The lowest BCUT2D eigenvalue weighted by molar-refractivity contribution is 0.299. The van der Waals surface area contributed by atoms with E-state index in [4.69, 9.17) is 18.9 Å². The van der Waals surface area contributed by atoms with Crippen LogP contribution in [0.4, 0.5) is 22.7 Å². The summed E-state index contributed by atoms with van der Waals surface area (Å²) in [6, 6.07) is 30.9. The molecule has 8 heteroatoms. The molecule has 49 heavy (non-hydrogen) atoms. The smallest absolute Gasteiger partial charge is 0.119 e. The van der Waals surface area contributed by atoms with Crippen molar-refractivity contribution in [3.8, 4) is 23.0 Å². The second-order valence-electron chi connectivity index (χ2n) is 12.0. The highest BCUT2D eigenvalue weighted by Gasteiger charge is 2.00. The second-order valence-corrected chi connectivity index (χ2v) is 12.0. The van der Waals surface area contributed by atoms with E-state index in [9.17, 15) is 0 Å². The summed E-state index contributed by atoms with van der Waals surface area (Å²) in [5.41, 5.74) is 3.18. The van der Waals surface area contributed by atoms with Crippen LogP contribution < -0.4 is 18.9 Å². The number of nitrogens with zero attached hydrogens (tertiary/aromatic N) is 4. The Labute approximate surface area is 292 Å². The molecule has 0 saturated carbocycles. The van der Waals surface area contributed by atoms with Crippen molar-refractivity contribution in [3.63, 3.8) is 0 Å². The van der Waals surface area contributed by atoms with E-state index in [2.05, 4.69) is 34.3 Å². The van der Waals surface area contributed by atoms with Crippen LogP contribution >= 0.6 is 0 Å². The lowest BCUT2D eigenvalue weighted by Crippen LogP contribution is -1.98. The zero-order valence-corrected chi connectivity index (χ0v) is 29.3. The fourth-order valence-corrected chi connectivity index (χ4v) is 4.80. The summed E-state index contributed by atoms with van der Waals surface area (Å²) in [5, 5.41) is 17.3. The van der Waals surface area contributed by atoms with Gasteiger partial charge in [0.25, 0.3) is 0 Å². The average Bonchev–Trinajstić information content (AvgIpc) is 3.14. The van der Waals surface area contributed by atoms with Crippen LogP contribution in [0.25, 0.3) is 0 Å². The highest BCUT2D eigenvalue weighted by atomic mass is 16.5. The van der Waals surface area contributed by atoms with Crippen LogP contribution in [0.1, 0.15) is 84.5 Å². The van der Waals surface area contributed by atoms with Crippen LogP contribution in [0.5, 0.6) is 23.0 Å². The van der Waals surface area contributed by atoms with E-state index in [0.717, 1.165) is 111 Å². The molecule has 4 rings (SSSR count). The van der Waals surface area contributed by atoms with E-state index in [1.807, 2.05) is 97.1 Å². The first-order chi connectivity index (χ1) is 24.2. The van der Waals surface area contributed by atoms with Crippen LogP contribution in [0.3, 0.4) is 0 Å². The van der Waals surface area contributed by atoms with Gasteiger partial charge in [0.05, 0.1) is 49.2 Å². The van der Waals surface area contributed by atoms with E-state index in [0.29, 0.717) is 0 Å². The van der Waals surface area contributed by atoms with E-state index < -0.39 is 0 Å². The third-order valence-electron chi connectivity index (χ3n) is 7.77. The molecule has 0 fully saturated rings. The molecule has 8 nitrogen and oxygen atoms in total. The SMILES string of the molecule is CCCCOc1ccc(N=Nc2ccc(OCCCCCCCCCOc3ccc(N=Nc4ccc(OCCCC)cc4)cc3)cc2)cc1. The van der Waals surface area contributed by atoms with Gasteiger partial charge in [0.1, 0.15) is 23.0 Å². The Morgan fingerprint density at radius 3 is 0.776 bits per heavy atom. The monoisotopic (exact) mass is 664 g/mol. The van der Waals surface area contributed by atoms with E-state index in [-0.39, 0.29) is 0 Å². The van der Waals surface area contributed by atoms with Crippen molar-refractivity contribution in [3.05, 3.63) is 97.1 Å². The Balaban J connectivity index is 0.985. The molecule has 0 N–H and O–H groups in total. The summed E-state index contributed by atoms with van der Waals surface area (Å²) < 4.78 is 23.2. The lowest BCUT2D eigenvalue weighted by atomic mass is 10.1. The number of unbranched alkanes of at least 4 members (excludes halogenated alkanes) is 8. The van der Waals surface area contributed by atoms with Crippen molar-refractivity contribution in [2.45, 2.75) is 84.5 Å². The molecule has 0 heterocycles. The second kappa shape index (κ2) is 22.8. The van der Waals surface area contributed by atoms with E-state index >= 15 is 0 Å². The standard InChI is InChI=1S/C41H52N4O4/c1-3-5-30-46-38-22-14-34(15-23-38)42-44-36-18-26-40(27-19-36)48-32-12-10-8-7-9-11-13-33-49-41-28-20-37(21-29-41)45-43-35-16-24-39(25-17-35)47-31-6-4-2/h14-29H,3-13,30-33H2,1-2H3. The van der Waals surface area contributed by atoms with Crippen molar-refractivity contribution in [2.24, 2.45) is 20.5 Å². The minimum atomic E-state index is 0.725. The predicted octanol–water partition coefficient (Wildman–Crippen LogP) is 13.1. The van der Waals surface area contributed by atoms with Gasteiger partial charge in [-0.25, -0.2) is 0 Å². The van der Waals surface area contributed by atoms with Crippen LogP contribution in [0.2, 0.25) is 0 Å². The molecule has 260 valence electrons. The van der Waals surface area contributed by atoms with Crippen molar-refractivity contribution in [1.29, 1.82) is 0 Å². The highest BCUT2D eigenvalue weighted by molar-refractivity contribution is 5.45. The van der Waals surface area contributed by atoms with Crippen LogP contribution in [0.15, 0.2) is 118 Å². The summed E-state index contributed by atoms with van der Waals surface area (Å²) in [4.78, 5) is 0. The fraction of sp³-hybridized carbons (Fsp3) is 0.415. The Morgan fingerprint density at radius 1 is 0.306 bits per heavy atom. The fourth-order valence-electron chi connectivity index (χ4n) is 4.80. The van der Waals surface area contributed by atoms with Crippen LogP contribution in [-0.2, 0) is 0 Å². The summed E-state index contributed by atoms with van der Waals surface area (Å²) in [7, 11) is 0.